The number of aromatic nitrogens is 5. The summed E-state index contributed by atoms with van der Waals surface area (Å²) < 4.78 is 0. The number of nitrogens with zero attached hydrogens (tertiary/aromatic N) is 5. The van der Waals surface area contributed by atoms with Gasteiger partial charge in [0.2, 0.25) is 11.9 Å². The van der Waals surface area contributed by atoms with E-state index in [-0.39, 0.29) is 11.9 Å². The molecule has 0 radical (unpaired) electrons. The molecule has 1 aliphatic heterocycles. The van der Waals surface area contributed by atoms with Crippen LogP contribution in [0.4, 0.5) is 5.95 Å². The highest BCUT2D eigenvalue weighted by Crippen LogP contribution is 2.29. The maximum Gasteiger partial charge on any atom is 0.224 e. The van der Waals surface area contributed by atoms with Gasteiger partial charge in [-0.25, -0.2) is 4.98 Å². The van der Waals surface area contributed by atoms with E-state index in [9.17, 15) is 4.79 Å². The Morgan fingerprint density at radius 2 is 1.93 bits per heavy atom. The molecule has 0 spiro atoms. The second-order valence-corrected chi connectivity index (χ2v) is 7.34. The number of hydrogen-bond acceptors (Lipinski definition) is 6. The van der Waals surface area contributed by atoms with Crippen molar-refractivity contribution in [1.82, 2.24) is 29.8 Å². The van der Waals surface area contributed by atoms with Crippen molar-refractivity contribution in [2.24, 2.45) is 0 Å². The SMILES string of the molecule is CC(=O)N1CCC(Nc2ncc3c(-c4ccc5nccnc5c4)c[nH]c3n2)CC1. The lowest BCUT2D eigenvalue weighted by Crippen LogP contribution is -2.41. The number of piperidine rings is 1. The van der Waals surface area contributed by atoms with Crippen LogP contribution < -0.4 is 5.32 Å². The molecule has 3 aromatic heterocycles. The molecule has 146 valence electrons. The summed E-state index contributed by atoms with van der Waals surface area (Å²) in [5.74, 6) is 0.747. The van der Waals surface area contributed by atoms with Crippen molar-refractivity contribution in [3.63, 3.8) is 0 Å². The average Bonchev–Trinajstić information content (AvgIpc) is 3.17. The lowest BCUT2D eigenvalue weighted by molar-refractivity contribution is -0.129. The first kappa shape index (κ1) is 17.5. The number of benzene rings is 1. The van der Waals surface area contributed by atoms with Crippen LogP contribution in [-0.2, 0) is 4.79 Å². The average molecular weight is 387 g/mol. The fraction of sp³-hybridized carbons (Fsp3) is 0.286. The van der Waals surface area contributed by atoms with Gasteiger partial charge < -0.3 is 15.2 Å². The summed E-state index contributed by atoms with van der Waals surface area (Å²) >= 11 is 0. The van der Waals surface area contributed by atoms with E-state index in [2.05, 4.69) is 30.2 Å². The predicted molar refractivity (Wildman–Crippen MR) is 111 cm³/mol. The molecule has 1 aliphatic rings. The molecular weight excluding hydrogens is 366 g/mol. The fourth-order valence-electron chi connectivity index (χ4n) is 3.87. The zero-order valence-corrected chi connectivity index (χ0v) is 16.1. The topological polar surface area (TPSA) is 99.7 Å². The van der Waals surface area contributed by atoms with Gasteiger partial charge in [0.05, 0.1) is 11.0 Å². The number of fused-ring (bicyclic) bond motifs is 2. The monoisotopic (exact) mass is 387 g/mol. The molecule has 29 heavy (non-hydrogen) atoms. The zero-order chi connectivity index (χ0) is 19.8. The molecule has 0 aliphatic carbocycles. The number of carbonyl (C=O) groups is 1. The van der Waals surface area contributed by atoms with Gasteiger partial charge in [-0.1, -0.05) is 6.07 Å². The first-order valence-electron chi connectivity index (χ1n) is 9.75. The largest absolute Gasteiger partial charge is 0.351 e. The van der Waals surface area contributed by atoms with Gasteiger partial charge in [-0.15, -0.1) is 0 Å². The van der Waals surface area contributed by atoms with Crippen LogP contribution in [0.2, 0.25) is 0 Å². The van der Waals surface area contributed by atoms with Gasteiger partial charge in [0.1, 0.15) is 5.65 Å². The fourth-order valence-corrected chi connectivity index (χ4v) is 3.87. The van der Waals surface area contributed by atoms with Crippen LogP contribution in [0.15, 0.2) is 43.0 Å². The van der Waals surface area contributed by atoms with Crippen molar-refractivity contribution in [3.8, 4) is 11.1 Å². The third kappa shape index (κ3) is 3.37. The quantitative estimate of drug-likeness (QED) is 0.561. The van der Waals surface area contributed by atoms with Gasteiger partial charge in [-0.3, -0.25) is 14.8 Å². The summed E-state index contributed by atoms with van der Waals surface area (Å²) in [5, 5.41) is 4.37. The van der Waals surface area contributed by atoms with Crippen LogP contribution in [0.25, 0.3) is 33.2 Å². The van der Waals surface area contributed by atoms with Crippen LogP contribution in [0.3, 0.4) is 0 Å². The van der Waals surface area contributed by atoms with Crippen molar-refractivity contribution in [2.45, 2.75) is 25.8 Å². The minimum absolute atomic E-state index is 0.139. The molecule has 1 saturated heterocycles. The van der Waals surface area contributed by atoms with E-state index in [1.165, 1.54) is 0 Å². The summed E-state index contributed by atoms with van der Waals surface area (Å²) in [6.07, 6.45) is 8.99. The second kappa shape index (κ2) is 7.12. The Morgan fingerprint density at radius 1 is 1.14 bits per heavy atom. The summed E-state index contributed by atoms with van der Waals surface area (Å²) in [6, 6.07) is 6.31. The smallest absolute Gasteiger partial charge is 0.224 e. The van der Waals surface area contributed by atoms with Crippen LogP contribution in [0.5, 0.6) is 0 Å². The van der Waals surface area contributed by atoms with Crippen LogP contribution in [0.1, 0.15) is 19.8 Å². The van der Waals surface area contributed by atoms with Gasteiger partial charge in [0.25, 0.3) is 0 Å². The van der Waals surface area contributed by atoms with E-state index in [1.54, 1.807) is 19.3 Å². The number of rotatable bonds is 3. The molecule has 0 bridgehead atoms. The van der Waals surface area contributed by atoms with Crippen molar-refractivity contribution in [2.75, 3.05) is 18.4 Å². The molecule has 8 nitrogen and oxygen atoms in total. The predicted octanol–water partition coefficient (Wildman–Crippen LogP) is 2.99. The normalized spacial score (nSPS) is 15.1. The van der Waals surface area contributed by atoms with Crippen molar-refractivity contribution in [3.05, 3.63) is 43.0 Å². The molecule has 8 heteroatoms. The summed E-state index contributed by atoms with van der Waals surface area (Å²) in [5.41, 5.74) is 4.60. The molecule has 2 N–H and O–H groups in total. The number of H-pyrrole nitrogens is 1. The maximum atomic E-state index is 11.5. The molecule has 1 aromatic carbocycles. The Labute approximate surface area is 167 Å². The molecule has 1 amide bonds. The van der Waals surface area contributed by atoms with Crippen LogP contribution >= 0.6 is 0 Å². The summed E-state index contributed by atoms with van der Waals surface area (Å²) in [7, 11) is 0. The minimum Gasteiger partial charge on any atom is -0.351 e. The number of aromatic amines is 1. The number of amides is 1. The molecular formula is C21H21N7O. The molecule has 0 unspecified atom stereocenters. The van der Waals surface area contributed by atoms with Gasteiger partial charge >= 0.3 is 0 Å². The van der Waals surface area contributed by atoms with E-state index in [4.69, 9.17) is 0 Å². The van der Waals surface area contributed by atoms with E-state index < -0.39 is 0 Å². The Morgan fingerprint density at radius 3 is 2.72 bits per heavy atom. The van der Waals surface area contributed by atoms with Crippen molar-refractivity contribution in [1.29, 1.82) is 0 Å². The van der Waals surface area contributed by atoms with Gasteiger partial charge in [-0.2, -0.15) is 4.98 Å². The third-order valence-electron chi connectivity index (χ3n) is 5.49. The van der Waals surface area contributed by atoms with Gasteiger partial charge in [0.15, 0.2) is 0 Å². The van der Waals surface area contributed by atoms with Gasteiger partial charge in [0, 0.05) is 61.8 Å². The highest BCUT2D eigenvalue weighted by Gasteiger charge is 2.21. The Hall–Kier alpha value is -3.55. The van der Waals surface area contributed by atoms with E-state index >= 15 is 0 Å². The van der Waals surface area contributed by atoms with E-state index in [0.717, 1.165) is 59.1 Å². The third-order valence-corrected chi connectivity index (χ3v) is 5.49. The summed E-state index contributed by atoms with van der Waals surface area (Å²) in [6.45, 7) is 3.16. The highest BCUT2D eigenvalue weighted by molar-refractivity contribution is 5.95. The Bertz CT molecular complexity index is 1190. The Balaban J connectivity index is 1.38. The molecule has 1 fully saturated rings. The van der Waals surface area contributed by atoms with Crippen LogP contribution in [0, 0.1) is 0 Å². The summed E-state index contributed by atoms with van der Waals surface area (Å²) in [4.78, 5) is 34.5. The first-order valence-corrected chi connectivity index (χ1v) is 9.75. The first-order chi connectivity index (χ1) is 14.2. The molecule has 5 rings (SSSR count). The Kier molecular flexibility index (Phi) is 4.31. The standard InChI is InChI=1S/C21H21N7O/c1-13(29)28-8-4-15(5-9-28)26-21-25-12-17-16(11-24-20(17)27-21)14-2-3-18-19(10-14)23-7-6-22-18/h2-3,6-7,10-12,15H,4-5,8-9H2,1H3,(H2,24,25,26,27). The number of hydrogen-bond donors (Lipinski definition) is 2. The zero-order valence-electron chi connectivity index (χ0n) is 16.1. The lowest BCUT2D eigenvalue weighted by atomic mass is 10.1. The molecule has 4 heterocycles. The highest BCUT2D eigenvalue weighted by atomic mass is 16.2. The van der Waals surface area contributed by atoms with E-state index in [1.807, 2.05) is 35.5 Å². The van der Waals surface area contributed by atoms with Crippen molar-refractivity contribution < 1.29 is 4.79 Å². The lowest BCUT2D eigenvalue weighted by Gasteiger charge is -2.31. The minimum atomic E-state index is 0.139. The number of nitrogens with one attached hydrogen (secondary N) is 2. The molecule has 0 saturated carbocycles. The molecule has 0 atom stereocenters. The second-order valence-electron chi connectivity index (χ2n) is 7.34. The number of anilines is 1. The maximum absolute atomic E-state index is 11.5. The number of likely N-dealkylation sites (tertiary alicyclic amines) is 1. The van der Waals surface area contributed by atoms with E-state index in [0.29, 0.717) is 5.95 Å². The molecule has 4 aromatic rings. The van der Waals surface area contributed by atoms with Gasteiger partial charge in [-0.05, 0) is 30.5 Å². The van der Waals surface area contributed by atoms with Crippen molar-refractivity contribution >= 4 is 33.9 Å². The number of carbonyl (C=O) groups excluding carboxylic acids is 1. The van der Waals surface area contributed by atoms with Crippen LogP contribution in [-0.4, -0.2) is 54.9 Å².